The molecule has 1 heterocycles. The molecule has 1 atom stereocenters. The first-order chi connectivity index (χ1) is 9.67. The molecule has 0 radical (unpaired) electrons. The van der Waals surface area contributed by atoms with Gasteiger partial charge in [0, 0.05) is 13.0 Å². The summed E-state index contributed by atoms with van der Waals surface area (Å²) in [6.45, 7) is 0.750. The molecule has 0 aromatic carbocycles. The maximum absolute atomic E-state index is 12.7. The summed E-state index contributed by atoms with van der Waals surface area (Å²) in [5.74, 6) is 2.98. The van der Waals surface area contributed by atoms with E-state index in [0.29, 0.717) is 12.0 Å². The van der Waals surface area contributed by atoms with Crippen molar-refractivity contribution in [3.8, 4) is 0 Å². The lowest BCUT2D eigenvalue weighted by molar-refractivity contribution is -0.140. The number of aliphatic hydroxyl groups excluding tert-OH is 1. The summed E-state index contributed by atoms with van der Waals surface area (Å²) >= 11 is 0. The Morgan fingerprint density at radius 3 is 2.30 bits per heavy atom. The van der Waals surface area contributed by atoms with Gasteiger partial charge in [-0.2, -0.15) is 0 Å². The Morgan fingerprint density at radius 2 is 1.75 bits per heavy atom. The Labute approximate surface area is 121 Å². The first-order valence-corrected chi connectivity index (χ1v) is 8.24. The van der Waals surface area contributed by atoms with Gasteiger partial charge in [-0.3, -0.25) is 4.79 Å². The molecular weight excluding hydrogens is 250 g/mol. The maximum atomic E-state index is 12.7. The first-order valence-electron chi connectivity index (χ1n) is 8.24. The van der Waals surface area contributed by atoms with Gasteiger partial charge in [0.25, 0.3) is 0 Å². The lowest BCUT2D eigenvalue weighted by Crippen LogP contribution is -2.49. The van der Waals surface area contributed by atoms with Crippen LogP contribution >= 0.6 is 0 Å². The SMILES string of the molecule is O=C(CC12CC3CC(CC(C3)C1)C2)N1CC=C[C@@H]1CO. The molecule has 4 aliphatic carbocycles. The average molecular weight is 275 g/mol. The van der Waals surface area contributed by atoms with E-state index in [1.807, 2.05) is 17.1 Å². The van der Waals surface area contributed by atoms with Crippen molar-refractivity contribution < 1.29 is 9.90 Å². The Kier molecular flexibility index (Phi) is 2.95. The van der Waals surface area contributed by atoms with Crippen LogP contribution in [0.2, 0.25) is 0 Å². The van der Waals surface area contributed by atoms with E-state index in [1.54, 1.807) is 0 Å². The minimum Gasteiger partial charge on any atom is -0.394 e. The summed E-state index contributed by atoms with van der Waals surface area (Å²) in [4.78, 5) is 14.5. The highest BCUT2D eigenvalue weighted by molar-refractivity contribution is 5.78. The van der Waals surface area contributed by atoms with Crippen molar-refractivity contribution in [2.45, 2.75) is 51.0 Å². The first kappa shape index (κ1) is 12.9. The van der Waals surface area contributed by atoms with Crippen LogP contribution in [0.4, 0.5) is 0 Å². The molecule has 4 fully saturated rings. The van der Waals surface area contributed by atoms with Crippen LogP contribution < -0.4 is 0 Å². The van der Waals surface area contributed by atoms with Gasteiger partial charge in [0.15, 0.2) is 0 Å². The smallest absolute Gasteiger partial charge is 0.223 e. The van der Waals surface area contributed by atoms with Gasteiger partial charge in [0.1, 0.15) is 0 Å². The predicted molar refractivity (Wildman–Crippen MR) is 76.9 cm³/mol. The zero-order chi connectivity index (χ0) is 13.7. The quantitative estimate of drug-likeness (QED) is 0.803. The van der Waals surface area contributed by atoms with Gasteiger partial charge in [-0.05, 0) is 61.7 Å². The maximum Gasteiger partial charge on any atom is 0.223 e. The zero-order valence-corrected chi connectivity index (χ0v) is 12.1. The highest BCUT2D eigenvalue weighted by Crippen LogP contribution is 2.61. The molecule has 5 rings (SSSR count). The fraction of sp³-hybridized carbons (Fsp3) is 0.824. The molecule has 4 bridgehead atoms. The van der Waals surface area contributed by atoms with E-state index in [4.69, 9.17) is 0 Å². The molecule has 110 valence electrons. The molecular formula is C17H25NO2. The Hall–Kier alpha value is -0.830. The molecule has 0 aromatic rings. The topological polar surface area (TPSA) is 40.5 Å². The van der Waals surface area contributed by atoms with Crippen molar-refractivity contribution in [2.24, 2.45) is 23.2 Å². The van der Waals surface area contributed by atoms with Crippen LogP contribution in [0.25, 0.3) is 0 Å². The second kappa shape index (κ2) is 4.59. The standard InChI is InChI=1S/C17H25NO2/c19-11-15-2-1-3-18(15)16(20)10-17-7-12-4-13(8-17)6-14(5-12)9-17/h1-2,12-15,19H,3-11H2/t12?,13?,14?,15-,17?/m1/s1. The third-order valence-electron chi connectivity index (χ3n) is 6.26. The normalized spacial score (nSPS) is 45.4. The summed E-state index contributed by atoms with van der Waals surface area (Å²) in [5.41, 5.74) is 0.314. The van der Waals surface area contributed by atoms with E-state index in [0.717, 1.165) is 24.2 Å². The Balaban J connectivity index is 1.47. The van der Waals surface area contributed by atoms with Gasteiger partial charge >= 0.3 is 0 Å². The largest absolute Gasteiger partial charge is 0.394 e. The average Bonchev–Trinajstić information content (AvgIpc) is 2.84. The van der Waals surface area contributed by atoms with Crippen molar-refractivity contribution >= 4 is 5.91 Å². The molecule has 0 aromatic heterocycles. The lowest BCUT2D eigenvalue weighted by atomic mass is 9.49. The number of aliphatic hydroxyl groups is 1. The van der Waals surface area contributed by atoms with Gasteiger partial charge in [-0.1, -0.05) is 12.2 Å². The van der Waals surface area contributed by atoms with E-state index >= 15 is 0 Å². The zero-order valence-electron chi connectivity index (χ0n) is 12.1. The third kappa shape index (κ3) is 2.02. The van der Waals surface area contributed by atoms with Crippen molar-refractivity contribution in [3.63, 3.8) is 0 Å². The fourth-order valence-electron chi connectivity index (χ4n) is 5.95. The molecule has 0 saturated heterocycles. The van der Waals surface area contributed by atoms with Gasteiger partial charge in [-0.15, -0.1) is 0 Å². The number of nitrogens with zero attached hydrogens (tertiary/aromatic N) is 1. The van der Waals surface area contributed by atoms with Crippen LogP contribution in [0, 0.1) is 23.2 Å². The molecule has 3 heteroatoms. The van der Waals surface area contributed by atoms with E-state index in [9.17, 15) is 9.90 Å². The molecule has 4 saturated carbocycles. The summed E-state index contributed by atoms with van der Waals surface area (Å²) < 4.78 is 0. The number of rotatable bonds is 3. The van der Waals surface area contributed by atoms with Crippen LogP contribution in [-0.2, 0) is 4.79 Å². The van der Waals surface area contributed by atoms with E-state index in [1.165, 1.54) is 38.5 Å². The van der Waals surface area contributed by atoms with Gasteiger partial charge in [0.2, 0.25) is 5.91 Å². The predicted octanol–water partition coefficient (Wildman–Crippen LogP) is 2.35. The second-order valence-corrected chi connectivity index (χ2v) is 7.82. The van der Waals surface area contributed by atoms with E-state index in [-0.39, 0.29) is 18.6 Å². The van der Waals surface area contributed by atoms with Crippen molar-refractivity contribution in [2.75, 3.05) is 13.2 Å². The highest BCUT2D eigenvalue weighted by atomic mass is 16.3. The van der Waals surface area contributed by atoms with Crippen molar-refractivity contribution in [1.82, 2.24) is 4.90 Å². The second-order valence-electron chi connectivity index (χ2n) is 7.82. The molecule has 20 heavy (non-hydrogen) atoms. The number of hydrogen-bond acceptors (Lipinski definition) is 2. The van der Waals surface area contributed by atoms with Crippen molar-refractivity contribution in [3.05, 3.63) is 12.2 Å². The van der Waals surface area contributed by atoms with E-state index < -0.39 is 0 Å². The Morgan fingerprint density at radius 1 is 1.15 bits per heavy atom. The molecule has 3 nitrogen and oxygen atoms in total. The lowest BCUT2D eigenvalue weighted by Gasteiger charge is -2.57. The molecule has 0 unspecified atom stereocenters. The van der Waals surface area contributed by atoms with Gasteiger partial charge < -0.3 is 10.0 Å². The number of amides is 1. The minimum atomic E-state index is -0.0728. The summed E-state index contributed by atoms with van der Waals surface area (Å²) in [6.07, 6.45) is 12.9. The highest BCUT2D eigenvalue weighted by Gasteiger charge is 2.51. The molecule has 5 aliphatic rings. The molecule has 1 N–H and O–H groups in total. The monoisotopic (exact) mass is 275 g/mol. The molecule has 1 aliphatic heterocycles. The van der Waals surface area contributed by atoms with Gasteiger partial charge in [-0.25, -0.2) is 0 Å². The van der Waals surface area contributed by atoms with Gasteiger partial charge in [0.05, 0.1) is 12.6 Å². The summed E-state index contributed by atoms with van der Waals surface area (Å²) in [5, 5.41) is 9.37. The third-order valence-corrected chi connectivity index (χ3v) is 6.26. The number of hydrogen-bond donors (Lipinski definition) is 1. The number of carbonyl (C=O) groups excluding carboxylic acids is 1. The fourth-order valence-corrected chi connectivity index (χ4v) is 5.95. The van der Waals surface area contributed by atoms with E-state index in [2.05, 4.69) is 0 Å². The Bertz CT molecular complexity index is 407. The number of carbonyl (C=O) groups is 1. The van der Waals surface area contributed by atoms with Crippen LogP contribution in [0.3, 0.4) is 0 Å². The molecule has 1 amide bonds. The van der Waals surface area contributed by atoms with Crippen molar-refractivity contribution in [1.29, 1.82) is 0 Å². The minimum absolute atomic E-state index is 0.0586. The van der Waals surface area contributed by atoms with Crippen LogP contribution in [-0.4, -0.2) is 35.1 Å². The summed E-state index contributed by atoms with van der Waals surface area (Å²) in [7, 11) is 0. The summed E-state index contributed by atoms with van der Waals surface area (Å²) in [6, 6.07) is -0.0728. The van der Waals surface area contributed by atoms with Crippen LogP contribution in [0.15, 0.2) is 12.2 Å². The van der Waals surface area contributed by atoms with Crippen LogP contribution in [0.5, 0.6) is 0 Å². The van der Waals surface area contributed by atoms with Crippen LogP contribution in [0.1, 0.15) is 44.9 Å². The molecule has 0 spiro atoms.